The molecule has 2 rings (SSSR count). The van der Waals surface area contributed by atoms with Crippen LogP contribution in [0, 0.1) is 11.2 Å². The van der Waals surface area contributed by atoms with Gasteiger partial charge in [0.15, 0.2) is 11.6 Å². The van der Waals surface area contributed by atoms with Gasteiger partial charge >= 0.3 is 0 Å². The minimum atomic E-state index is -0.229. The standard InChI is InChI=1S/C16H26FN3/c1-15(2,3)20-10-12-6-9-18-14(13(12)17)19-11-16(4)7-5-8-16/h6,9,20H,5,7-8,10-11H2,1-4H3,(H,18,19). The van der Waals surface area contributed by atoms with Crippen LogP contribution >= 0.6 is 0 Å². The van der Waals surface area contributed by atoms with Gasteiger partial charge in [0.05, 0.1) is 0 Å². The Morgan fingerprint density at radius 3 is 2.60 bits per heavy atom. The van der Waals surface area contributed by atoms with E-state index in [0.29, 0.717) is 23.3 Å². The topological polar surface area (TPSA) is 37.0 Å². The van der Waals surface area contributed by atoms with Crippen LogP contribution in [-0.4, -0.2) is 17.1 Å². The van der Waals surface area contributed by atoms with Crippen LogP contribution in [0.1, 0.15) is 52.5 Å². The first kappa shape index (κ1) is 15.2. The molecule has 2 N–H and O–H groups in total. The van der Waals surface area contributed by atoms with E-state index in [1.807, 2.05) is 0 Å². The Kier molecular flexibility index (Phi) is 4.33. The van der Waals surface area contributed by atoms with Gasteiger partial charge in [0.2, 0.25) is 0 Å². The van der Waals surface area contributed by atoms with Gasteiger partial charge in [-0.1, -0.05) is 13.3 Å². The van der Waals surface area contributed by atoms with Crippen LogP contribution in [0.25, 0.3) is 0 Å². The molecule has 0 bridgehead atoms. The van der Waals surface area contributed by atoms with Gasteiger partial charge in [-0.2, -0.15) is 0 Å². The van der Waals surface area contributed by atoms with Crippen LogP contribution < -0.4 is 10.6 Å². The van der Waals surface area contributed by atoms with Crippen molar-refractivity contribution in [1.82, 2.24) is 10.3 Å². The second-order valence-electron chi connectivity index (χ2n) is 7.25. The van der Waals surface area contributed by atoms with Crippen molar-refractivity contribution >= 4 is 5.82 Å². The molecular weight excluding hydrogens is 253 g/mol. The molecule has 1 saturated carbocycles. The molecule has 0 aromatic carbocycles. The Morgan fingerprint density at radius 1 is 1.35 bits per heavy atom. The molecule has 1 aromatic heterocycles. The molecule has 1 aliphatic rings. The van der Waals surface area contributed by atoms with E-state index in [2.05, 4.69) is 43.3 Å². The number of anilines is 1. The molecule has 0 amide bonds. The fourth-order valence-corrected chi connectivity index (χ4v) is 2.36. The lowest BCUT2D eigenvalue weighted by atomic mass is 9.70. The Balaban J connectivity index is 1.99. The third-order valence-corrected chi connectivity index (χ3v) is 4.02. The van der Waals surface area contributed by atoms with Crippen LogP contribution in [0.5, 0.6) is 0 Å². The van der Waals surface area contributed by atoms with Crippen LogP contribution in [0.2, 0.25) is 0 Å². The predicted octanol–water partition coefficient (Wildman–Crippen LogP) is 3.71. The maximum atomic E-state index is 14.4. The van der Waals surface area contributed by atoms with Gasteiger partial charge in [0.25, 0.3) is 0 Å². The minimum absolute atomic E-state index is 0.0251. The number of hydrogen-bond donors (Lipinski definition) is 2. The number of nitrogens with zero attached hydrogens (tertiary/aromatic N) is 1. The number of aromatic nitrogens is 1. The monoisotopic (exact) mass is 279 g/mol. The van der Waals surface area contributed by atoms with Gasteiger partial charge in [-0.15, -0.1) is 0 Å². The van der Waals surface area contributed by atoms with Crippen molar-refractivity contribution in [1.29, 1.82) is 0 Å². The number of pyridine rings is 1. The van der Waals surface area contributed by atoms with Gasteiger partial charge in [-0.05, 0) is 45.1 Å². The number of halogens is 1. The highest BCUT2D eigenvalue weighted by molar-refractivity contribution is 5.40. The smallest absolute Gasteiger partial charge is 0.169 e. The summed E-state index contributed by atoms with van der Waals surface area (Å²) in [5, 5.41) is 6.48. The third kappa shape index (κ3) is 3.92. The van der Waals surface area contributed by atoms with Crippen LogP contribution in [-0.2, 0) is 6.54 Å². The van der Waals surface area contributed by atoms with Crippen molar-refractivity contribution in [3.63, 3.8) is 0 Å². The lowest BCUT2D eigenvalue weighted by Gasteiger charge is -2.38. The van der Waals surface area contributed by atoms with Crippen LogP contribution in [0.3, 0.4) is 0 Å². The Labute approximate surface area is 121 Å². The molecule has 4 heteroatoms. The first-order valence-corrected chi connectivity index (χ1v) is 7.41. The van der Waals surface area contributed by atoms with Crippen molar-refractivity contribution in [3.05, 3.63) is 23.6 Å². The summed E-state index contributed by atoms with van der Waals surface area (Å²) in [5.41, 5.74) is 0.951. The molecular formula is C16H26FN3. The maximum absolute atomic E-state index is 14.4. The summed E-state index contributed by atoms with van der Waals surface area (Å²) in [6, 6.07) is 1.74. The summed E-state index contributed by atoms with van der Waals surface area (Å²) in [6.45, 7) is 9.78. The second kappa shape index (κ2) is 5.68. The molecule has 0 unspecified atom stereocenters. The van der Waals surface area contributed by atoms with E-state index in [1.165, 1.54) is 19.3 Å². The highest BCUT2D eigenvalue weighted by Crippen LogP contribution is 2.40. The zero-order chi connectivity index (χ0) is 14.8. The number of rotatable bonds is 5. The molecule has 1 heterocycles. The van der Waals surface area contributed by atoms with Gasteiger partial charge in [-0.3, -0.25) is 0 Å². The Hall–Kier alpha value is -1.16. The normalized spacial score (nSPS) is 17.6. The molecule has 3 nitrogen and oxygen atoms in total. The summed E-state index contributed by atoms with van der Waals surface area (Å²) in [6.07, 6.45) is 5.39. The van der Waals surface area contributed by atoms with E-state index in [9.17, 15) is 4.39 Å². The number of nitrogens with one attached hydrogen (secondary N) is 2. The van der Waals surface area contributed by atoms with Gasteiger partial charge in [0.1, 0.15) is 0 Å². The van der Waals surface area contributed by atoms with Gasteiger partial charge in [-0.25, -0.2) is 9.37 Å². The molecule has 1 aromatic rings. The third-order valence-electron chi connectivity index (χ3n) is 4.02. The lowest BCUT2D eigenvalue weighted by molar-refractivity contribution is 0.179. The molecule has 1 aliphatic carbocycles. The largest absolute Gasteiger partial charge is 0.367 e. The van der Waals surface area contributed by atoms with Crippen LogP contribution in [0.15, 0.2) is 12.3 Å². The molecule has 1 fully saturated rings. The SMILES string of the molecule is CC1(CNc2nccc(CNC(C)(C)C)c2F)CCC1. The summed E-state index contributed by atoms with van der Waals surface area (Å²) in [5.74, 6) is 0.151. The maximum Gasteiger partial charge on any atom is 0.169 e. The Bertz CT molecular complexity index is 461. The zero-order valence-corrected chi connectivity index (χ0v) is 13.0. The first-order valence-electron chi connectivity index (χ1n) is 7.41. The number of hydrogen-bond acceptors (Lipinski definition) is 3. The van der Waals surface area contributed by atoms with Crippen molar-refractivity contribution in [2.45, 2.75) is 59.0 Å². The summed E-state index contributed by atoms with van der Waals surface area (Å²) in [7, 11) is 0. The first-order chi connectivity index (χ1) is 9.29. The quantitative estimate of drug-likeness (QED) is 0.862. The lowest BCUT2D eigenvalue weighted by Crippen LogP contribution is -2.35. The van der Waals surface area contributed by atoms with Crippen molar-refractivity contribution < 1.29 is 4.39 Å². The van der Waals surface area contributed by atoms with E-state index in [0.717, 1.165) is 6.54 Å². The molecule has 20 heavy (non-hydrogen) atoms. The molecule has 0 spiro atoms. The fourth-order valence-electron chi connectivity index (χ4n) is 2.36. The highest BCUT2D eigenvalue weighted by Gasteiger charge is 2.31. The molecule has 112 valence electrons. The molecule has 0 atom stereocenters. The summed E-state index contributed by atoms with van der Waals surface area (Å²) < 4.78 is 14.4. The Morgan fingerprint density at radius 2 is 2.05 bits per heavy atom. The van der Waals surface area contributed by atoms with Gasteiger partial charge < -0.3 is 10.6 Å². The molecule has 0 saturated heterocycles. The highest BCUT2D eigenvalue weighted by atomic mass is 19.1. The van der Waals surface area contributed by atoms with E-state index < -0.39 is 0 Å². The minimum Gasteiger partial charge on any atom is -0.367 e. The van der Waals surface area contributed by atoms with Crippen molar-refractivity contribution in [2.75, 3.05) is 11.9 Å². The van der Waals surface area contributed by atoms with E-state index >= 15 is 0 Å². The molecule has 0 aliphatic heterocycles. The zero-order valence-electron chi connectivity index (χ0n) is 13.0. The summed E-state index contributed by atoms with van der Waals surface area (Å²) >= 11 is 0. The van der Waals surface area contributed by atoms with Crippen molar-refractivity contribution in [3.8, 4) is 0 Å². The van der Waals surface area contributed by atoms with E-state index in [1.54, 1.807) is 12.3 Å². The fraction of sp³-hybridized carbons (Fsp3) is 0.688. The van der Waals surface area contributed by atoms with Crippen molar-refractivity contribution in [2.24, 2.45) is 5.41 Å². The van der Waals surface area contributed by atoms with E-state index in [4.69, 9.17) is 0 Å². The predicted molar refractivity (Wildman–Crippen MR) is 81.2 cm³/mol. The van der Waals surface area contributed by atoms with Crippen LogP contribution in [0.4, 0.5) is 10.2 Å². The molecule has 0 radical (unpaired) electrons. The average Bonchev–Trinajstić information content (AvgIpc) is 2.33. The van der Waals surface area contributed by atoms with Gasteiger partial charge in [0, 0.05) is 30.4 Å². The van der Waals surface area contributed by atoms with E-state index in [-0.39, 0.29) is 11.4 Å². The second-order valence-corrected chi connectivity index (χ2v) is 7.25. The average molecular weight is 279 g/mol. The summed E-state index contributed by atoms with van der Waals surface area (Å²) in [4.78, 5) is 4.13.